The minimum absolute atomic E-state index is 0.123. The number of benzene rings is 4. The molecule has 4 aromatic rings. The lowest BCUT2D eigenvalue weighted by molar-refractivity contribution is -0.133. The van der Waals surface area contributed by atoms with Crippen LogP contribution in [-0.2, 0) is 22.4 Å². The van der Waals surface area contributed by atoms with Gasteiger partial charge in [-0.25, -0.2) is 0 Å². The van der Waals surface area contributed by atoms with E-state index in [0.29, 0.717) is 44.3 Å². The predicted octanol–water partition coefficient (Wildman–Crippen LogP) is 5.06. The predicted molar refractivity (Wildman–Crippen MR) is 192 cm³/mol. The minimum atomic E-state index is -1.20. The van der Waals surface area contributed by atoms with Crippen LogP contribution in [-0.4, -0.2) is 83.7 Å². The van der Waals surface area contributed by atoms with E-state index in [9.17, 15) is 24.3 Å². The van der Waals surface area contributed by atoms with Crippen molar-refractivity contribution in [2.75, 3.05) is 33.0 Å². The molecule has 2 atom stereocenters. The Morgan fingerprint density at radius 1 is 0.922 bits per heavy atom. The van der Waals surface area contributed by atoms with Crippen LogP contribution in [0.2, 0.25) is 5.02 Å². The van der Waals surface area contributed by atoms with Gasteiger partial charge in [-0.3, -0.25) is 24.1 Å². The van der Waals surface area contributed by atoms with Crippen molar-refractivity contribution in [3.63, 3.8) is 0 Å². The SMILES string of the molecule is O=C(COc1cccc(Cl)c1Br)N[C@@H](Cc1ccccc1)C(O)CN(CCc1ccc2c(c1)OCO2)C(=O)CCN1C(=O)c2ccccc2C1=O. The van der Waals surface area contributed by atoms with E-state index in [1.807, 2.05) is 42.5 Å². The molecule has 4 aromatic carbocycles. The smallest absolute Gasteiger partial charge is 0.261 e. The molecule has 0 radical (unpaired) electrons. The van der Waals surface area contributed by atoms with E-state index in [4.69, 9.17) is 25.8 Å². The fourth-order valence-corrected chi connectivity index (χ4v) is 6.52. The van der Waals surface area contributed by atoms with Crippen molar-refractivity contribution in [3.8, 4) is 17.2 Å². The van der Waals surface area contributed by atoms with E-state index in [2.05, 4.69) is 21.2 Å². The molecule has 1 unspecified atom stereocenters. The molecule has 0 saturated carbocycles. The molecule has 0 aliphatic carbocycles. The van der Waals surface area contributed by atoms with Crippen LogP contribution in [0.4, 0.5) is 0 Å². The highest BCUT2D eigenvalue weighted by Gasteiger charge is 2.36. The molecule has 0 saturated heterocycles. The number of hydrogen-bond acceptors (Lipinski definition) is 8. The number of aliphatic hydroxyl groups excluding tert-OH is 1. The Kier molecular flexibility index (Phi) is 11.5. The molecule has 2 heterocycles. The lowest BCUT2D eigenvalue weighted by Crippen LogP contribution is -2.52. The van der Waals surface area contributed by atoms with Crippen molar-refractivity contribution in [1.82, 2.24) is 15.1 Å². The maximum Gasteiger partial charge on any atom is 0.261 e. The van der Waals surface area contributed by atoms with Gasteiger partial charge in [0.05, 0.1) is 32.8 Å². The Bertz CT molecular complexity index is 1890. The van der Waals surface area contributed by atoms with Crippen molar-refractivity contribution in [1.29, 1.82) is 0 Å². The largest absolute Gasteiger partial charge is 0.483 e. The van der Waals surface area contributed by atoms with Crippen LogP contribution in [0, 0.1) is 0 Å². The lowest BCUT2D eigenvalue weighted by atomic mass is 10.00. The van der Waals surface area contributed by atoms with E-state index >= 15 is 0 Å². The third-order valence-corrected chi connectivity index (χ3v) is 10.0. The molecule has 2 aliphatic rings. The Morgan fingerprint density at radius 2 is 1.63 bits per heavy atom. The maximum atomic E-state index is 13.9. The summed E-state index contributed by atoms with van der Waals surface area (Å²) in [6, 6.07) is 25.7. The highest BCUT2D eigenvalue weighted by atomic mass is 79.9. The van der Waals surface area contributed by atoms with Crippen LogP contribution in [0.15, 0.2) is 95.5 Å². The summed E-state index contributed by atoms with van der Waals surface area (Å²) in [6.45, 7) is -0.269. The Hall–Kier alpha value is -4.91. The number of nitrogens with zero attached hydrogens (tertiary/aromatic N) is 2. The number of carbonyl (C=O) groups excluding carboxylic acids is 4. The Morgan fingerprint density at radius 3 is 2.37 bits per heavy atom. The number of imide groups is 1. The van der Waals surface area contributed by atoms with E-state index < -0.39 is 29.9 Å². The minimum Gasteiger partial charge on any atom is -0.483 e. The second-order valence-electron chi connectivity index (χ2n) is 12.1. The molecule has 0 fully saturated rings. The number of aliphatic hydroxyl groups is 1. The number of halogens is 2. The number of amides is 4. The number of nitrogens with one attached hydrogen (secondary N) is 1. The van der Waals surface area contributed by atoms with Gasteiger partial charge in [-0.15, -0.1) is 0 Å². The number of ether oxygens (including phenoxy) is 3. The van der Waals surface area contributed by atoms with E-state index in [-0.39, 0.29) is 51.8 Å². The molecule has 51 heavy (non-hydrogen) atoms. The zero-order valence-electron chi connectivity index (χ0n) is 27.4. The molecule has 2 aliphatic heterocycles. The van der Waals surface area contributed by atoms with Crippen LogP contribution < -0.4 is 19.5 Å². The molecule has 0 bridgehead atoms. The summed E-state index contributed by atoms with van der Waals surface area (Å²) in [5.41, 5.74) is 2.35. The third-order valence-electron chi connectivity index (χ3n) is 8.68. The number of hydrogen-bond donors (Lipinski definition) is 2. The molecule has 264 valence electrons. The number of fused-ring (bicyclic) bond motifs is 2. The van der Waals surface area contributed by atoms with Gasteiger partial charge < -0.3 is 29.5 Å². The molecule has 11 nitrogen and oxygen atoms in total. The zero-order chi connectivity index (χ0) is 35.9. The van der Waals surface area contributed by atoms with Gasteiger partial charge in [0.1, 0.15) is 5.75 Å². The van der Waals surface area contributed by atoms with Crippen molar-refractivity contribution < 1.29 is 38.5 Å². The van der Waals surface area contributed by atoms with Gasteiger partial charge >= 0.3 is 0 Å². The van der Waals surface area contributed by atoms with Crippen LogP contribution in [0.5, 0.6) is 17.2 Å². The summed E-state index contributed by atoms with van der Waals surface area (Å²) in [5, 5.41) is 15.0. The molecular weight excluding hydrogens is 742 g/mol. The zero-order valence-corrected chi connectivity index (χ0v) is 29.8. The van der Waals surface area contributed by atoms with Crippen LogP contribution in [0.1, 0.15) is 38.3 Å². The van der Waals surface area contributed by atoms with Gasteiger partial charge in [-0.2, -0.15) is 0 Å². The highest BCUT2D eigenvalue weighted by Crippen LogP contribution is 2.33. The van der Waals surface area contributed by atoms with E-state index in [0.717, 1.165) is 16.0 Å². The summed E-state index contributed by atoms with van der Waals surface area (Å²) in [4.78, 5) is 55.5. The van der Waals surface area contributed by atoms with E-state index in [1.54, 1.807) is 48.5 Å². The Balaban J connectivity index is 1.17. The quantitative estimate of drug-likeness (QED) is 0.160. The standard InChI is InChI=1S/C38H35BrClN3O8/c39-36-28(40)11-6-12-32(36)49-22-34(45)41-29(19-24-7-2-1-3-8-24)30(44)21-42(17-15-25-13-14-31-33(20-25)51-23-50-31)35(46)16-18-43-37(47)26-9-4-5-10-27(26)38(43)48/h1-14,20,29-30,44H,15-19,21-23H2,(H,41,45)/t29-,30?/m0/s1. The first-order valence-corrected chi connectivity index (χ1v) is 17.5. The summed E-state index contributed by atoms with van der Waals surface area (Å²) < 4.78 is 17.1. The fourth-order valence-electron chi connectivity index (χ4n) is 5.98. The number of rotatable bonds is 15. The average molecular weight is 777 g/mol. The number of carbonyl (C=O) groups is 4. The molecule has 13 heteroatoms. The fraction of sp³-hybridized carbons (Fsp3) is 0.263. The van der Waals surface area contributed by atoms with Gasteiger partial charge in [-0.1, -0.05) is 66.2 Å². The first-order chi connectivity index (χ1) is 24.7. The van der Waals surface area contributed by atoms with Crippen molar-refractivity contribution in [3.05, 3.63) is 123 Å². The van der Waals surface area contributed by atoms with Crippen LogP contribution >= 0.6 is 27.5 Å². The first kappa shape index (κ1) is 35.9. The molecular formula is C38H35BrClN3O8. The molecule has 2 N–H and O–H groups in total. The first-order valence-electron chi connectivity index (χ1n) is 16.4. The molecule has 0 spiro atoms. The van der Waals surface area contributed by atoms with E-state index in [1.165, 1.54) is 4.90 Å². The van der Waals surface area contributed by atoms with Crippen LogP contribution in [0.3, 0.4) is 0 Å². The topological polar surface area (TPSA) is 135 Å². The van der Waals surface area contributed by atoms with Crippen molar-refractivity contribution in [2.45, 2.75) is 31.4 Å². The molecule has 0 aromatic heterocycles. The molecule has 4 amide bonds. The summed E-state index contributed by atoms with van der Waals surface area (Å²) in [5.74, 6) is -0.129. The molecule has 6 rings (SSSR count). The summed E-state index contributed by atoms with van der Waals surface area (Å²) >= 11 is 9.53. The highest BCUT2D eigenvalue weighted by molar-refractivity contribution is 9.10. The van der Waals surface area contributed by atoms with Crippen molar-refractivity contribution in [2.24, 2.45) is 0 Å². The second kappa shape index (κ2) is 16.4. The lowest BCUT2D eigenvalue weighted by Gasteiger charge is -2.31. The Labute approximate surface area is 308 Å². The normalized spacial score (nSPS) is 14.2. The third kappa shape index (κ3) is 8.70. The summed E-state index contributed by atoms with van der Waals surface area (Å²) in [7, 11) is 0. The maximum absolute atomic E-state index is 13.9. The summed E-state index contributed by atoms with van der Waals surface area (Å²) in [6.07, 6.45) is -0.669. The van der Waals surface area contributed by atoms with Gasteiger partial charge in [0.25, 0.3) is 17.7 Å². The average Bonchev–Trinajstić information content (AvgIpc) is 3.71. The van der Waals surface area contributed by atoms with Crippen molar-refractivity contribution >= 4 is 51.2 Å². The monoisotopic (exact) mass is 775 g/mol. The van der Waals surface area contributed by atoms with Gasteiger partial charge in [0, 0.05) is 26.1 Å². The van der Waals surface area contributed by atoms with Gasteiger partial charge in [-0.05, 0) is 76.3 Å². The second-order valence-corrected chi connectivity index (χ2v) is 13.3. The van der Waals surface area contributed by atoms with Gasteiger partial charge in [0.2, 0.25) is 12.7 Å². The van der Waals surface area contributed by atoms with Crippen LogP contribution in [0.25, 0.3) is 0 Å². The van der Waals surface area contributed by atoms with Gasteiger partial charge in [0.15, 0.2) is 18.1 Å².